The van der Waals surface area contributed by atoms with Crippen molar-refractivity contribution >= 4 is 29.1 Å². The molecule has 5 nitrogen and oxygen atoms in total. The summed E-state index contributed by atoms with van der Waals surface area (Å²) in [4.78, 5) is 40.1. The Kier molecular flexibility index (Phi) is 4.59. The standard InChI is InChI=1S/C23H22N2O3/c1-14-7-10-16(11-8-14)24-21(26)18-5-3-4-6-20(18)25-22(27)17-12-9-15(2)13-19(17)23(25)28/h3-11,17,19H,12-13H2,1-2H3,(H,24,26)/t17-,19-/m0/s1. The Morgan fingerprint density at radius 1 is 0.964 bits per heavy atom. The molecular weight excluding hydrogens is 352 g/mol. The van der Waals surface area contributed by atoms with Gasteiger partial charge in [-0.15, -0.1) is 0 Å². The van der Waals surface area contributed by atoms with Gasteiger partial charge in [-0.25, -0.2) is 4.90 Å². The molecule has 2 aromatic rings. The summed E-state index contributed by atoms with van der Waals surface area (Å²) < 4.78 is 0. The number of hydrogen-bond donors (Lipinski definition) is 1. The number of anilines is 2. The summed E-state index contributed by atoms with van der Waals surface area (Å²) >= 11 is 0. The largest absolute Gasteiger partial charge is 0.322 e. The molecule has 3 amide bonds. The number of nitrogens with one attached hydrogen (secondary N) is 1. The van der Waals surface area contributed by atoms with Gasteiger partial charge in [-0.1, -0.05) is 41.5 Å². The number of allylic oxidation sites excluding steroid dienone is 2. The van der Waals surface area contributed by atoms with E-state index in [1.165, 1.54) is 4.90 Å². The normalized spacial score (nSPS) is 21.4. The van der Waals surface area contributed by atoms with E-state index in [0.717, 1.165) is 11.1 Å². The molecule has 0 unspecified atom stereocenters. The van der Waals surface area contributed by atoms with E-state index in [-0.39, 0.29) is 29.6 Å². The number of carbonyl (C=O) groups excluding carboxylic acids is 3. The maximum Gasteiger partial charge on any atom is 0.257 e. The maximum absolute atomic E-state index is 13.0. The third kappa shape index (κ3) is 3.13. The van der Waals surface area contributed by atoms with E-state index in [0.29, 0.717) is 29.8 Å². The lowest BCUT2D eigenvalue weighted by molar-refractivity contribution is -0.122. The van der Waals surface area contributed by atoms with E-state index in [9.17, 15) is 14.4 Å². The molecule has 142 valence electrons. The molecule has 0 aromatic heterocycles. The van der Waals surface area contributed by atoms with Gasteiger partial charge in [0.2, 0.25) is 11.8 Å². The van der Waals surface area contributed by atoms with Gasteiger partial charge in [0.05, 0.1) is 23.1 Å². The second-order valence-electron chi connectivity index (χ2n) is 7.55. The summed E-state index contributed by atoms with van der Waals surface area (Å²) in [5.41, 5.74) is 3.56. The van der Waals surface area contributed by atoms with Gasteiger partial charge < -0.3 is 5.32 Å². The smallest absolute Gasteiger partial charge is 0.257 e. The van der Waals surface area contributed by atoms with Gasteiger partial charge in [0.1, 0.15) is 0 Å². The first kappa shape index (κ1) is 18.2. The second-order valence-corrected chi connectivity index (χ2v) is 7.55. The molecule has 2 atom stereocenters. The molecule has 28 heavy (non-hydrogen) atoms. The highest BCUT2D eigenvalue weighted by molar-refractivity contribution is 6.25. The molecule has 2 aliphatic rings. The lowest BCUT2D eigenvalue weighted by Crippen LogP contribution is -2.33. The van der Waals surface area contributed by atoms with Crippen LogP contribution >= 0.6 is 0 Å². The van der Waals surface area contributed by atoms with Crippen LogP contribution in [0.5, 0.6) is 0 Å². The van der Waals surface area contributed by atoms with Crippen molar-refractivity contribution in [2.45, 2.75) is 26.7 Å². The zero-order valence-electron chi connectivity index (χ0n) is 15.9. The number of aryl methyl sites for hydroxylation is 1. The van der Waals surface area contributed by atoms with Crippen LogP contribution in [-0.2, 0) is 9.59 Å². The quantitative estimate of drug-likeness (QED) is 0.650. The topological polar surface area (TPSA) is 66.5 Å². The van der Waals surface area contributed by atoms with Crippen molar-refractivity contribution < 1.29 is 14.4 Å². The highest BCUT2D eigenvalue weighted by Gasteiger charge is 2.49. The number of para-hydroxylation sites is 1. The van der Waals surface area contributed by atoms with Crippen LogP contribution in [0.1, 0.15) is 35.7 Å². The molecule has 1 saturated heterocycles. The van der Waals surface area contributed by atoms with Gasteiger partial charge in [0.15, 0.2) is 0 Å². The average molecular weight is 374 g/mol. The number of hydrogen-bond acceptors (Lipinski definition) is 3. The highest BCUT2D eigenvalue weighted by atomic mass is 16.2. The van der Waals surface area contributed by atoms with Crippen molar-refractivity contribution in [3.05, 3.63) is 71.3 Å². The molecule has 0 saturated carbocycles. The van der Waals surface area contributed by atoms with Crippen LogP contribution in [0.4, 0.5) is 11.4 Å². The fourth-order valence-corrected chi connectivity index (χ4v) is 3.97. The Balaban J connectivity index is 1.65. The Hall–Kier alpha value is -3.21. The SMILES string of the molecule is CC1=CC[C@@H]2C(=O)N(c3ccccc3C(=O)Nc3ccc(C)cc3)C(=O)[C@H]2C1. The van der Waals surface area contributed by atoms with E-state index in [1.807, 2.05) is 44.2 Å². The Bertz CT molecular complexity index is 991. The Morgan fingerprint density at radius 3 is 2.39 bits per heavy atom. The van der Waals surface area contributed by atoms with Gasteiger partial charge >= 0.3 is 0 Å². The molecule has 4 rings (SSSR count). The van der Waals surface area contributed by atoms with Crippen LogP contribution < -0.4 is 10.2 Å². The van der Waals surface area contributed by atoms with E-state index in [1.54, 1.807) is 24.3 Å². The number of amides is 3. The average Bonchev–Trinajstić information content (AvgIpc) is 2.93. The molecule has 1 fully saturated rings. The first-order valence-electron chi connectivity index (χ1n) is 9.46. The van der Waals surface area contributed by atoms with E-state index < -0.39 is 0 Å². The summed E-state index contributed by atoms with van der Waals surface area (Å²) in [6.45, 7) is 3.96. The first-order valence-corrected chi connectivity index (χ1v) is 9.46. The van der Waals surface area contributed by atoms with Crippen molar-refractivity contribution in [2.24, 2.45) is 11.8 Å². The van der Waals surface area contributed by atoms with Crippen molar-refractivity contribution in [3.8, 4) is 0 Å². The number of benzene rings is 2. The van der Waals surface area contributed by atoms with Gasteiger partial charge in [0, 0.05) is 5.69 Å². The predicted octanol–water partition coefficient (Wildman–Crippen LogP) is 4.09. The lowest BCUT2D eigenvalue weighted by Gasteiger charge is -2.19. The third-order valence-electron chi connectivity index (χ3n) is 5.52. The monoisotopic (exact) mass is 374 g/mol. The number of carbonyl (C=O) groups is 3. The number of imide groups is 1. The van der Waals surface area contributed by atoms with E-state index in [2.05, 4.69) is 5.32 Å². The summed E-state index contributed by atoms with van der Waals surface area (Å²) in [6.07, 6.45) is 3.21. The minimum atomic E-state index is -0.343. The lowest BCUT2D eigenvalue weighted by atomic mass is 9.82. The van der Waals surface area contributed by atoms with Crippen LogP contribution in [0.2, 0.25) is 0 Å². The zero-order valence-corrected chi connectivity index (χ0v) is 15.9. The molecule has 1 aliphatic carbocycles. The van der Waals surface area contributed by atoms with Crippen LogP contribution in [-0.4, -0.2) is 17.7 Å². The van der Waals surface area contributed by atoms with E-state index >= 15 is 0 Å². The maximum atomic E-state index is 13.0. The third-order valence-corrected chi connectivity index (χ3v) is 5.52. The molecule has 0 bridgehead atoms. The second kappa shape index (κ2) is 7.08. The summed E-state index contributed by atoms with van der Waals surface area (Å²) in [5.74, 6) is -1.42. The van der Waals surface area contributed by atoms with Crippen LogP contribution in [0.25, 0.3) is 0 Å². The van der Waals surface area contributed by atoms with Crippen molar-refractivity contribution in [3.63, 3.8) is 0 Å². The van der Waals surface area contributed by atoms with E-state index in [4.69, 9.17) is 0 Å². The Labute approximate surface area is 164 Å². The molecule has 0 radical (unpaired) electrons. The summed E-state index contributed by atoms with van der Waals surface area (Å²) in [5, 5.41) is 2.85. The molecule has 1 heterocycles. The van der Waals surface area contributed by atoms with Gasteiger partial charge in [0.25, 0.3) is 5.91 Å². The highest BCUT2D eigenvalue weighted by Crippen LogP contribution is 2.40. The summed E-state index contributed by atoms with van der Waals surface area (Å²) in [7, 11) is 0. The van der Waals surface area contributed by atoms with Crippen molar-refractivity contribution in [1.82, 2.24) is 0 Å². The number of nitrogens with zero attached hydrogens (tertiary/aromatic N) is 1. The molecular formula is C23H22N2O3. The van der Waals surface area contributed by atoms with Gasteiger partial charge in [-0.05, 0) is 51.0 Å². The van der Waals surface area contributed by atoms with Gasteiger partial charge in [-0.3, -0.25) is 14.4 Å². The minimum Gasteiger partial charge on any atom is -0.322 e. The molecule has 1 aliphatic heterocycles. The minimum absolute atomic E-state index is 0.210. The van der Waals surface area contributed by atoms with Crippen LogP contribution in [0.3, 0.4) is 0 Å². The molecule has 5 heteroatoms. The van der Waals surface area contributed by atoms with Crippen molar-refractivity contribution in [2.75, 3.05) is 10.2 Å². The molecule has 2 aromatic carbocycles. The first-order chi connectivity index (χ1) is 13.5. The molecule has 0 spiro atoms. The van der Waals surface area contributed by atoms with Crippen LogP contribution in [0.15, 0.2) is 60.2 Å². The predicted molar refractivity (Wildman–Crippen MR) is 108 cm³/mol. The summed E-state index contributed by atoms with van der Waals surface area (Å²) in [6, 6.07) is 14.3. The van der Waals surface area contributed by atoms with Crippen molar-refractivity contribution in [1.29, 1.82) is 0 Å². The van der Waals surface area contributed by atoms with Gasteiger partial charge in [-0.2, -0.15) is 0 Å². The Morgan fingerprint density at radius 2 is 1.64 bits per heavy atom. The molecule has 1 N–H and O–H groups in total. The fourth-order valence-electron chi connectivity index (χ4n) is 3.97. The number of rotatable bonds is 3. The zero-order chi connectivity index (χ0) is 19.8. The number of fused-ring (bicyclic) bond motifs is 1. The van der Waals surface area contributed by atoms with Crippen LogP contribution in [0, 0.1) is 18.8 Å². The fraction of sp³-hybridized carbons (Fsp3) is 0.261.